The van der Waals surface area contributed by atoms with Crippen molar-refractivity contribution in [1.82, 2.24) is 15.5 Å². The van der Waals surface area contributed by atoms with Crippen LogP contribution < -0.4 is 10.6 Å². The summed E-state index contributed by atoms with van der Waals surface area (Å²) >= 11 is 1.56. The number of rotatable bonds is 13. The van der Waals surface area contributed by atoms with Gasteiger partial charge in [-0.05, 0) is 50.8 Å². The predicted molar refractivity (Wildman–Crippen MR) is 154 cm³/mol. The number of carbonyl (C=O) groups is 3. The first kappa shape index (κ1) is 31.2. The molecule has 0 aliphatic carbocycles. The van der Waals surface area contributed by atoms with Crippen molar-refractivity contribution in [3.05, 3.63) is 66.2 Å². The van der Waals surface area contributed by atoms with Gasteiger partial charge >= 0.3 is 12.0 Å². The SMILES string of the molecule is CNC(=O)[C@H](Cc1ccccc1)NC(=O)N(CCC(C)C)C[C@H](CSc1ccccc1)C(=O)OC(C)(C)C. The zero-order chi connectivity index (χ0) is 28.1. The molecule has 0 unspecified atom stereocenters. The van der Waals surface area contributed by atoms with Gasteiger partial charge in [-0.1, -0.05) is 62.4 Å². The molecule has 2 rings (SSSR count). The molecule has 2 atom stereocenters. The van der Waals surface area contributed by atoms with Gasteiger partial charge in [-0.15, -0.1) is 11.8 Å². The van der Waals surface area contributed by atoms with Crippen LogP contribution in [0.3, 0.4) is 0 Å². The van der Waals surface area contributed by atoms with Gasteiger partial charge in [0.25, 0.3) is 0 Å². The van der Waals surface area contributed by atoms with Gasteiger partial charge in [0.15, 0.2) is 0 Å². The van der Waals surface area contributed by atoms with Crippen molar-refractivity contribution in [2.45, 2.75) is 64.0 Å². The van der Waals surface area contributed by atoms with E-state index in [0.717, 1.165) is 16.9 Å². The summed E-state index contributed by atoms with van der Waals surface area (Å²) in [6, 6.07) is 18.3. The molecule has 0 heterocycles. The number of thioether (sulfide) groups is 1. The number of benzene rings is 2. The van der Waals surface area contributed by atoms with Crippen LogP contribution in [0.2, 0.25) is 0 Å². The molecule has 7 nitrogen and oxygen atoms in total. The second-order valence-electron chi connectivity index (χ2n) is 10.8. The summed E-state index contributed by atoms with van der Waals surface area (Å²) in [6.45, 7) is 10.4. The van der Waals surface area contributed by atoms with Gasteiger partial charge in [-0.2, -0.15) is 0 Å². The highest BCUT2D eigenvalue weighted by atomic mass is 32.2. The molecule has 38 heavy (non-hydrogen) atoms. The second-order valence-corrected chi connectivity index (χ2v) is 11.9. The highest BCUT2D eigenvalue weighted by Gasteiger charge is 2.30. The summed E-state index contributed by atoms with van der Waals surface area (Å²) in [7, 11) is 1.56. The number of hydrogen-bond donors (Lipinski definition) is 2. The van der Waals surface area contributed by atoms with E-state index in [-0.39, 0.29) is 24.5 Å². The summed E-state index contributed by atoms with van der Waals surface area (Å²) in [5.41, 5.74) is 0.304. The number of urea groups is 1. The summed E-state index contributed by atoms with van der Waals surface area (Å²) in [6.07, 6.45) is 1.13. The van der Waals surface area contributed by atoms with Gasteiger partial charge in [-0.25, -0.2) is 4.79 Å². The maximum absolute atomic E-state index is 13.6. The lowest BCUT2D eigenvalue weighted by Gasteiger charge is -2.31. The number of carbonyl (C=O) groups excluding carboxylic acids is 3. The molecule has 208 valence electrons. The molecule has 0 aliphatic rings. The van der Waals surface area contributed by atoms with E-state index in [0.29, 0.717) is 24.6 Å². The normalized spacial score (nSPS) is 12.9. The Balaban J connectivity index is 2.24. The monoisotopic (exact) mass is 541 g/mol. The molecule has 8 heteroatoms. The first-order valence-electron chi connectivity index (χ1n) is 13.2. The minimum atomic E-state index is -0.741. The van der Waals surface area contributed by atoms with Crippen LogP contribution in [-0.2, 0) is 20.7 Å². The molecule has 0 aromatic heterocycles. The molecule has 0 saturated heterocycles. The third-order valence-corrected chi connectivity index (χ3v) is 6.96. The topological polar surface area (TPSA) is 87.7 Å². The van der Waals surface area contributed by atoms with Crippen molar-refractivity contribution in [1.29, 1.82) is 0 Å². The summed E-state index contributed by atoms with van der Waals surface area (Å²) in [4.78, 5) is 42.2. The Morgan fingerprint density at radius 1 is 0.974 bits per heavy atom. The first-order valence-corrected chi connectivity index (χ1v) is 14.2. The maximum atomic E-state index is 13.6. The van der Waals surface area contributed by atoms with E-state index in [9.17, 15) is 14.4 Å². The molecular weight excluding hydrogens is 498 g/mol. The highest BCUT2D eigenvalue weighted by Crippen LogP contribution is 2.23. The summed E-state index contributed by atoms with van der Waals surface area (Å²) in [5, 5.41) is 5.58. The summed E-state index contributed by atoms with van der Waals surface area (Å²) < 4.78 is 5.74. The lowest BCUT2D eigenvalue weighted by Crippen LogP contribution is -2.53. The lowest BCUT2D eigenvalue weighted by atomic mass is 10.1. The molecule has 0 spiro atoms. The standard InChI is InChI=1S/C30H43N3O4S/c1-22(2)17-18-33(29(36)32-26(27(34)31-6)19-23-13-9-7-10-14-23)20-24(28(35)37-30(3,4)5)21-38-25-15-11-8-12-16-25/h7-16,22,24,26H,17-21H2,1-6H3,(H,31,34)(H,32,36)/t24-,26+/m1/s1. The van der Waals surface area contributed by atoms with Gasteiger partial charge in [0.2, 0.25) is 5.91 Å². The van der Waals surface area contributed by atoms with Crippen LogP contribution in [0.25, 0.3) is 0 Å². The third kappa shape index (κ3) is 11.6. The molecule has 2 N–H and O–H groups in total. The number of nitrogens with one attached hydrogen (secondary N) is 2. The predicted octanol–water partition coefficient (Wildman–Crippen LogP) is 5.15. The van der Waals surface area contributed by atoms with Crippen LogP contribution in [-0.4, -0.2) is 60.3 Å². The Morgan fingerprint density at radius 2 is 1.58 bits per heavy atom. The van der Waals surface area contributed by atoms with Gasteiger partial charge < -0.3 is 20.3 Å². The number of esters is 1. The second kappa shape index (κ2) is 15.4. The molecule has 0 fully saturated rings. The van der Waals surface area contributed by atoms with Crippen LogP contribution >= 0.6 is 11.8 Å². The third-order valence-electron chi connectivity index (χ3n) is 5.78. The number of nitrogens with zero attached hydrogens (tertiary/aromatic N) is 1. The van der Waals surface area contributed by atoms with E-state index in [2.05, 4.69) is 24.5 Å². The first-order chi connectivity index (χ1) is 18.0. The fraction of sp³-hybridized carbons (Fsp3) is 0.500. The molecule has 0 aliphatic heterocycles. The maximum Gasteiger partial charge on any atom is 0.318 e. The number of likely N-dealkylation sites (N-methyl/N-ethyl adjacent to an activating group) is 1. The minimum Gasteiger partial charge on any atom is -0.460 e. The van der Waals surface area contributed by atoms with E-state index in [1.807, 2.05) is 81.4 Å². The molecule has 2 aromatic carbocycles. The number of ether oxygens (including phenoxy) is 1. The Hall–Kier alpha value is -3.00. The van der Waals surface area contributed by atoms with Gasteiger partial charge in [-0.3, -0.25) is 9.59 Å². The molecular formula is C30H43N3O4S. The van der Waals surface area contributed by atoms with Crippen molar-refractivity contribution in [2.75, 3.05) is 25.9 Å². The minimum absolute atomic E-state index is 0.194. The number of amides is 3. The Kier molecular flexibility index (Phi) is 12.7. The van der Waals surface area contributed by atoms with Gasteiger partial charge in [0.05, 0.1) is 5.92 Å². The van der Waals surface area contributed by atoms with Crippen LogP contribution in [0.15, 0.2) is 65.6 Å². The van der Waals surface area contributed by atoms with Crippen molar-refractivity contribution >= 4 is 29.7 Å². The molecule has 0 radical (unpaired) electrons. The molecule has 2 aromatic rings. The van der Waals surface area contributed by atoms with E-state index in [1.165, 1.54) is 0 Å². The van der Waals surface area contributed by atoms with Crippen molar-refractivity contribution in [3.8, 4) is 0 Å². The average molecular weight is 542 g/mol. The Labute approximate surface area is 232 Å². The van der Waals surface area contributed by atoms with E-state index in [1.54, 1.807) is 23.7 Å². The van der Waals surface area contributed by atoms with Crippen LogP contribution in [0.5, 0.6) is 0 Å². The largest absolute Gasteiger partial charge is 0.460 e. The summed E-state index contributed by atoms with van der Waals surface area (Å²) in [5.74, 6) is -0.314. The van der Waals surface area contributed by atoms with Crippen molar-refractivity contribution in [2.24, 2.45) is 11.8 Å². The van der Waals surface area contributed by atoms with Crippen LogP contribution in [0.1, 0.15) is 46.6 Å². The van der Waals surface area contributed by atoms with Crippen LogP contribution in [0, 0.1) is 11.8 Å². The van der Waals surface area contributed by atoms with Crippen molar-refractivity contribution in [3.63, 3.8) is 0 Å². The van der Waals surface area contributed by atoms with E-state index < -0.39 is 17.6 Å². The molecule has 3 amide bonds. The molecule has 0 saturated carbocycles. The fourth-order valence-electron chi connectivity index (χ4n) is 3.72. The smallest absolute Gasteiger partial charge is 0.318 e. The zero-order valence-corrected chi connectivity index (χ0v) is 24.3. The Bertz CT molecular complexity index is 1010. The van der Waals surface area contributed by atoms with Crippen molar-refractivity contribution < 1.29 is 19.1 Å². The lowest BCUT2D eigenvalue weighted by molar-refractivity contribution is -0.159. The average Bonchev–Trinajstić information content (AvgIpc) is 2.87. The quantitative estimate of drug-likeness (QED) is 0.270. The zero-order valence-electron chi connectivity index (χ0n) is 23.5. The Morgan fingerprint density at radius 3 is 2.13 bits per heavy atom. The van der Waals surface area contributed by atoms with Crippen LogP contribution in [0.4, 0.5) is 4.79 Å². The van der Waals surface area contributed by atoms with Gasteiger partial charge in [0.1, 0.15) is 11.6 Å². The molecule has 0 bridgehead atoms. The van der Waals surface area contributed by atoms with Gasteiger partial charge in [0, 0.05) is 37.2 Å². The highest BCUT2D eigenvalue weighted by molar-refractivity contribution is 7.99. The van der Waals surface area contributed by atoms with E-state index in [4.69, 9.17) is 4.74 Å². The van der Waals surface area contributed by atoms with E-state index >= 15 is 0 Å². The fourth-order valence-corrected chi connectivity index (χ4v) is 4.71. The number of hydrogen-bond acceptors (Lipinski definition) is 5.